The Bertz CT molecular complexity index is 793. The zero-order valence-electron chi connectivity index (χ0n) is 13.6. The molecule has 0 aliphatic carbocycles. The number of nitrogens with zero attached hydrogens (tertiary/aromatic N) is 3. The van der Waals surface area contributed by atoms with E-state index in [0.717, 1.165) is 47.7 Å². The Morgan fingerprint density at radius 3 is 2.70 bits per heavy atom. The second-order valence-electron chi connectivity index (χ2n) is 5.70. The van der Waals surface area contributed by atoms with Gasteiger partial charge in [0.15, 0.2) is 5.65 Å². The Morgan fingerprint density at radius 2 is 2.00 bits per heavy atom. The number of aryl methyl sites for hydroxylation is 2. The molecule has 0 aliphatic heterocycles. The summed E-state index contributed by atoms with van der Waals surface area (Å²) in [5, 5.41) is 0. The molecule has 23 heavy (non-hydrogen) atoms. The number of methoxy groups -OCH3 is 1. The van der Waals surface area contributed by atoms with Gasteiger partial charge in [-0.1, -0.05) is 12.1 Å². The molecule has 0 spiro atoms. The Hall–Kier alpha value is -2.40. The van der Waals surface area contributed by atoms with Crippen LogP contribution in [0, 0.1) is 6.92 Å². The lowest BCUT2D eigenvalue weighted by molar-refractivity contribution is 0.414. The van der Waals surface area contributed by atoms with Gasteiger partial charge in [-0.2, -0.15) is 0 Å². The summed E-state index contributed by atoms with van der Waals surface area (Å²) in [6.45, 7) is 3.54. The van der Waals surface area contributed by atoms with Crippen LogP contribution in [0.25, 0.3) is 11.2 Å². The van der Waals surface area contributed by atoms with Crippen molar-refractivity contribution >= 4 is 11.2 Å². The van der Waals surface area contributed by atoms with Crippen molar-refractivity contribution in [2.45, 2.75) is 26.3 Å². The Kier molecular flexibility index (Phi) is 4.57. The van der Waals surface area contributed by atoms with Crippen LogP contribution in [0.5, 0.6) is 5.75 Å². The molecule has 0 amide bonds. The standard InChI is InChI=1S/C18H22N4O/c1-13-10-16-18(20-12-13)22(9-3-8-19)17(21-16)11-14-4-6-15(23-2)7-5-14/h4-7,10,12H,3,8-9,11,19H2,1-2H3. The lowest BCUT2D eigenvalue weighted by Crippen LogP contribution is -2.09. The van der Waals surface area contributed by atoms with E-state index in [1.807, 2.05) is 25.3 Å². The van der Waals surface area contributed by atoms with Crippen molar-refractivity contribution in [3.63, 3.8) is 0 Å². The SMILES string of the molecule is COc1ccc(Cc2nc3cc(C)cnc3n2CCCN)cc1. The largest absolute Gasteiger partial charge is 0.497 e. The molecule has 3 rings (SSSR count). The van der Waals surface area contributed by atoms with Crippen LogP contribution in [-0.4, -0.2) is 28.2 Å². The lowest BCUT2D eigenvalue weighted by atomic mass is 10.1. The monoisotopic (exact) mass is 310 g/mol. The number of aromatic nitrogens is 3. The van der Waals surface area contributed by atoms with Crippen LogP contribution in [0.1, 0.15) is 23.4 Å². The zero-order chi connectivity index (χ0) is 16.2. The molecule has 0 saturated heterocycles. The summed E-state index contributed by atoms with van der Waals surface area (Å²) in [4.78, 5) is 9.36. The van der Waals surface area contributed by atoms with E-state index >= 15 is 0 Å². The van der Waals surface area contributed by atoms with Gasteiger partial charge in [-0.15, -0.1) is 0 Å². The van der Waals surface area contributed by atoms with Gasteiger partial charge >= 0.3 is 0 Å². The van der Waals surface area contributed by atoms with E-state index in [1.165, 1.54) is 5.56 Å². The number of fused-ring (bicyclic) bond motifs is 1. The number of ether oxygens (including phenoxy) is 1. The summed E-state index contributed by atoms with van der Waals surface area (Å²) < 4.78 is 7.40. The first kappa shape index (κ1) is 15.5. The summed E-state index contributed by atoms with van der Waals surface area (Å²) in [5.74, 6) is 1.89. The van der Waals surface area contributed by atoms with Crippen LogP contribution in [0.15, 0.2) is 36.5 Å². The molecule has 0 atom stereocenters. The maximum Gasteiger partial charge on any atom is 0.160 e. The van der Waals surface area contributed by atoms with Crippen molar-refractivity contribution in [1.29, 1.82) is 0 Å². The second kappa shape index (κ2) is 6.79. The van der Waals surface area contributed by atoms with E-state index in [-0.39, 0.29) is 0 Å². The second-order valence-corrected chi connectivity index (χ2v) is 5.70. The van der Waals surface area contributed by atoms with E-state index in [0.29, 0.717) is 6.54 Å². The average molecular weight is 310 g/mol. The van der Waals surface area contributed by atoms with Gasteiger partial charge in [-0.3, -0.25) is 0 Å². The average Bonchev–Trinajstić information content (AvgIpc) is 2.89. The van der Waals surface area contributed by atoms with E-state index < -0.39 is 0 Å². The molecule has 5 nitrogen and oxygen atoms in total. The highest BCUT2D eigenvalue weighted by Crippen LogP contribution is 2.20. The molecular weight excluding hydrogens is 288 g/mol. The highest BCUT2D eigenvalue weighted by Gasteiger charge is 2.12. The minimum Gasteiger partial charge on any atom is -0.497 e. The van der Waals surface area contributed by atoms with Crippen molar-refractivity contribution in [2.75, 3.05) is 13.7 Å². The molecular formula is C18H22N4O. The number of pyridine rings is 1. The molecule has 0 fully saturated rings. The minimum atomic E-state index is 0.660. The number of imidazole rings is 1. The summed E-state index contributed by atoms with van der Waals surface area (Å²) in [7, 11) is 1.68. The van der Waals surface area contributed by atoms with Crippen molar-refractivity contribution in [1.82, 2.24) is 14.5 Å². The van der Waals surface area contributed by atoms with Crippen LogP contribution in [0.2, 0.25) is 0 Å². The molecule has 5 heteroatoms. The third-order valence-corrected chi connectivity index (χ3v) is 3.91. The Labute approximate surface area is 136 Å². The minimum absolute atomic E-state index is 0.660. The molecule has 2 N–H and O–H groups in total. The molecule has 2 heterocycles. The molecule has 3 aromatic rings. The fraction of sp³-hybridized carbons (Fsp3) is 0.333. The zero-order valence-corrected chi connectivity index (χ0v) is 13.6. The number of nitrogens with two attached hydrogens (primary N) is 1. The molecule has 0 unspecified atom stereocenters. The normalized spacial score (nSPS) is 11.1. The van der Waals surface area contributed by atoms with Crippen molar-refractivity contribution in [3.8, 4) is 5.75 Å². The first-order chi connectivity index (χ1) is 11.2. The number of benzene rings is 1. The smallest absolute Gasteiger partial charge is 0.160 e. The van der Waals surface area contributed by atoms with Gasteiger partial charge in [-0.25, -0.2) is 9.97 Å². The highest BCUT2D eigenvalue weighted by atomic mass is 16.5. The molecule has 120 valence electrons. The molecule has 0 aliphatic rings. The Balaban J connectivity index is 1.96. The lowest BCUT2D eigenvalue weighted by Gasteiger charge is -2.08. The first-order valence-corrected chi connectivity index (χ1v) is 7.86. The summed E-state index contributed by atoms with van der Waals surface area (Å²) in [6, 6.07) is 10.2. The van der Waals surface area contributed by atoms with Crippen molar-refractivity contribution < 1.29 is 4.74 Å². The molecule has 1 aromatic carbocycles. The van der Waals surface area contributed by atoms with Gasteiger partial charge in [-0.05, 0) is 49.2 Å². The maximum absolute atomic E-state index is 5.68. The first-order valence-electron chi connectivity index (χ1n) is 7.86. The quantitative estimate of drug-likeness (QED) is 0.760. The molecule has 2 aromatic heterocycles. The Morgan fingerprint density at radius 1 is 1.22 bits per heavy atom. The van der Waals surface area contributed by atoms with Crippen LogP contribution < -0.4 is 10.5 Å². The van der Waals surface area contributed by atoms with E-state index in [1.54, 1.807) is 7.11 Å². The van der Waals surface area contributed by atoms with Gasteiger partial charge in [0.2, 0.25) is 0 Å². The van der Waals surface area contributed by atoms with Gasteiger partial charge in [0.25, 0.3) is 0 Å². The van der Waals surface area contributed by atoms with Crippen molar-refractivity contribution in [2.24, 2.45) is 5.73 Å². The van der Waals surface area contributed by atoms with E-state index in [9.17, 15) is 0 Å². The predicted octanol–water partition coefficient (Wildman–Crippen LogP) is 2.69. The summed E-state index contributed by atoms with van der Waals surface area (Å²) >= 11 is 0. The van der Waals surface area contributed by atoms with Crippen LogP contribution in [-0.2, 0) is 13.0 Å². The van der Waals surface area contributed by atoms with Gasteiger partial charge in [0.1, 0.15) is 17.1 Å². The number of hydrogen-bond donors (Lipinski definition) is 1. The number of hydrogen-bond acceptors (Lipinski definition) is 4. The third-order valence-electron chi connectivity index (χ3n) is 3.91. The van der Waals surface area contributed by atoms with Gasteiger partial charge < -0.3 is 15.0 Å². The fourth-order valence-electron chi connectivity index (χ4n) is 2.70. The van der Waals surface area contributed by atoms with Crippen LogP contribution in [0.4, 0.5) is 0 Å². The fourth-order valence-corrected chi connectivity index (χ4v) is 2.70. The third kappa shape index (κ3) is 3.35. The number of rotatable bonds is 6. The summed E-state index contributed by atoms with van der Waals surface area (Å²) in [5.41, 5.74) is 9.89. The highest BCUT2D eigenvalue weighted by molar-refractivity contribution is 5.72. The molecule has 0 radical (unpaired) electrons. The van der Waals surface area contributed by atoms with Gasteiger partial charge in [0, 0.05) is 19.2 Å². The topological polar surface area (TPSA) is 66.0 Å². The van der Waals surface area contributed by atoms with Gasteiger partial charge in [0.05, 0.1) is 7.11 Å². The summed E-state index contributed by atoms with van der Waals surface area (Å²) in [6.07, 6.45) is 3.57. The van der Waals surface area contributed by atoms with E-state index in [2.05, 4.69) is 27.8 Å². The van der Waals surface area contributed by atoms with Crippen molar-refractivity contribution in [3.05, 3.63) is 53.5 Å². The maximum atomic E-state index is 5.68. The molecule has 0 bridgehead atoms. The van der Waals surface area contributed by atoms with Crippen LogP contribution >= 0.6 is 0 Å². The molecule has 0 saturated carbocycles. The predicted molar refractivity (Wildman–Crippen MR) is 91.7 cm³/mol. The van der Waals surface area contributed by atoms with E-state index in [4.69, 9.17) is 15.5 Å². The van der Waals surface area contributed by atoms with Crippen LogP contribution in [0.3, 0.4) is 0 Å².